The van der Waals surface area contributed by atoms with Gasteiger partial charge in [-0.2, -0.15) is 0 Å². The minimum absolute atomic E-state index is 0.445. The van der Waals surface area contributed by atoms with E-state index >= 15 is 0 Å². The summed E-state index contributed by atoms with van der Waals surface area (Å²) in [5.74, 6) is 0.445. The van der Waals surface area contributed by atoms with Crippen LogP contribution in [0.2, 0.25) is 0 Å². The van der Waals surface area contributed by atoms with Gasteiger partial charge in [0.2, 0.25) is 0 Å². The second kappa shape index (κ2) is 9.72. The van der Waals surface area contributed by atoms with Crippen LogP contribution in [-0.4, -0.2) is 26.2 Å². The Morgan fingerprint density at radius 1 is 0.821 bits per heavy atom. The number of hydrogen-bond acceptors (Lipinski definition) is 2. The first-order chi connectivity index (χ1) is 13.8. The Hall–Kier alpha value is -3.11. The van der Waals surface area contributed by atoms with Crippen LogP contribution in [0.15, 0.2) is 96.0 Å². The number of guanidine groups is 1. The molecule has 0 heterocycles. The average molecular weight is 374 g/mol. The van der Waals surface area contributed by atoms with E-state index in [4.69, 9.17) is 10.5 Å². The molecule has 0 amide bonds. The number of benzene rings is 3. The Bertz CT molecular complexity index is 767. The molecule has 4 nitrogen and oxygen atoms in total. The summed E-state index contributed by atoms with van der Waals surface area (Å²) >= 11 is 0. The fourth-order valence-electron chi connectivity index (χ4n) is 3.36. The van der Waals surface area contributed by atoms with Gasteiger partial charge in [0.05, 0.1) is 6.61 Å². The largest absolute Gasteiger partial charge is 0.370 e. The van der Waals surface area contributed by atoms with E-state index in [9.17, 15) is 0 Å². The molecule has 0 saturated heterocycles. The Morgan fingerprint density at radius 2 is 1.25 bits per heavy atom. The number of rotatable bonds is 8. The number of aliphatic imine (C=N–C) groups is 1. The highest BCUT2D eigenvalue weighted by atomic mass is 16.5. The van der Waals surface area contributed by atoms with Crippen molar-refractivity contribution in [3.05, 3.63) is 108 Å². The lowest BCUT2D eigenvalue weighted by atomic mass is 9.80. The van der Waals surface area contributed by atoms with E-state index in [1.165, 1.54) is 0 Å². The molecule has 0 fully saturated rings. The van der Waals surface area contributed by atoms with Gasteiger partial charge < -0.3 is 15.8 Å². The molecule has 0 spiro atoms. The molecular weight excluding hydrogens is 346 g/mol. The minimum atomic E-state index is -0.672. The molecule has 144 valence electrons. The smallest absolute Gasteiger partial charge is 0.188 e. The molecule has 0 aliphatic carbocycles. The Morgan fingerprint density at radius 3 is 1.64 bits per heavy atom. The molecular formula is C24H27N3O. The molecule has 0 atom stereocenters. The second-order valence-corrected chi connectivity index (χ2v) is 6.52. The molecule has 0 aromatic heterocycles. The monoisotopic (exact) mass is 373 g/mol. The van der Waals surface area contributed by atoms with Gasteiger partial charge in [-0.3, -0.25) is 4.99 Å². The van der Waals surface area contributed by atoms with E-state index in [0.717, 1.165) is 23.1 Å². The molecule has 0 saturated carbocycles. The van der Waals surface area contributed by atoms with Crippen LogP contribution in [-0.2, 0) is 10.3 Å². The lowest BCUT2D eigenvalue weighted by Gasteiger charge is -2.36. The third kappa shape index (κ3) is 4.41. The van der Waals surface area contributed by atoms with E-state index < -0.39 is 5.60 Å². The molecule has 0 aliphatic heterocycles. The Balaban J connectivity index is 1.97. The van der Waals surface area contributed by atoms with Gasteiger partial charge in [-0.1, -0.05) is 91.0 Å². The summed E-state index contributed by atoms with van der Waals surface area (Å²) in [5.41, 5.74) is 8.36. The highest BCUT2D eigenvalue weighted by Gasteiger charge is 2.37. The van der Waals surface area contributed by atoms with Gasteiger partial charge in [0.25, 0.3) is 0 Å². The number of nitrogens with zero attached hydrogens (tertiary/aromatic N) is 1. The van der Waals surface area contributed by atoms with Crippen molar-refractivity contribution in [2.75, 3.05) is 20.2 Å². The first-order valence-corrected chi connectivity index (χ1v) is 9.54. The molecule has 0 unspecified atom stereocenters. The topological polar surface area (TPSA) is 59.6 Å². The minimum Gasteiger partial charge on any atom is -0.370 e. The first-order valence-electron chi connectivity index (χ1n) is 9.54. The maximum absolute atomic E-state index is 6.68. The summed E-state index contributed by atoms with van der Waals surface area (Å²) in [5, 5.41) is 3.09. The van der Waals surface area contributed by atoms with Gasteiger partial charge in [0.1, 0.15) is 5.60 Å². The van der Waals surface area contributed by atoms with E-state index in [1.54, 1.807) is 7.05 Å². The summed E-state index contributed by atoms with van der Waals surface area (Å²) in [6.45, 7) is 1.28. The maximum atomic E-state index is 6.68. The fourth-order valence-corrected chi connectivity index (χ4v) is 3.36. The van der Waals surface area contributed by atoms with Crippen molar-refractivity contribution in [3.8, 4) is 0 Å². The average Bonchev–Trinajstić information content (AvgIpc) is 2.78. The van der Waals surface area contributed by atoms with Gasteiger partial charge >= 0.3 is 0 Å². The first kappa shape index (κ1) is 19.6. The van der Waals surface area contributed by atoms with Crippen LogP contribution in [0, 0.1) is 0 Å². The van der Waals surface area contributed by atoms with Gasteiger partial charge in [-0.25, -0.2) is 0 Å². The quantitative estimate of drug-likeness (QED) is 0.272. The van der Waals surface area contributed by atoms with Crippen LogP contribution >= 0.6 is 0 Å². The highest BCUT2D eigenvalue weighted by Crippen LogP contribution is 2.40. The summed E-state index contributed by atoms with van der Waals surface area (Å²) in [4.78, 5) is 3.92. The van der Waals surface area contributed by atoms with E-state index in [-0.39, 0.29) is 0 Å². The van der Waals surface area contributed by atoms with E-state index in [0.29, 0.717) is 19.1 Å². The van der Waals surface area contributed by atoms with Crippen molar-refractivity contribution in [1.82, 2.24) is 5.32 Å². The molecule has 3 aromatic carbocycles. The standard InChI is InChI=1S/C24H27N3O/c1-26-23(25)27-18-11-19-28-24(20-12-5-2-6-13-20,21-14-7-3-8-15-21)22-16-9-4-10-17-22/h2-10,12-17H,11,18-19H2,1H3,(H3,25,26,27). The molecule has 0 radical (unpaired) electrons. The van der Waals surface area contributed by atoms with Crippen LogP contribution in [0.3, 0.4) is 0 Å². The molecule has 0 bridgehead atoms. The van der Waals surface area contributed by atoms with Crippen molar-refractivity contribution in [3.63, 3.8) is 0 Å². The third-order valence-corrected chi connectivity index (χ3v) is 4.73. The number of nitrogens with two attached hydrogens (primary N) is 1. The molecule has 3 rings (SSSR count). The lowest BCUT2D eigenvalue weighted by molar-refractivity contribution is 0.0120. The number of nitrogens with one attached hydrogen (secondary N) is 1. The number of hydrogen-bond donors (Lipinski definition) is 2. The van der Waals surface area contributed by atoms with Crippen LogP contribution < -0.4 is 11.1 Å². The van der Waals surface area contributed by atoms with Crippen LogP contribution in [0.25, 0.3) is 0 Å². The maximum Gasteiger partial charge on any atom is 0.188 e. The van der Waals surface area contributed by atoms with Gasteiger partial charge in [0.15, 0.2) is 5.96 Å². The summed E-state index contributed by atoms with van der Waals surface area (Å²) in [6, 6.07) is 31.2. The van der Waals surface area contributed by atoms with Crippen molar-refractivity contribution in [2.45, 2.75) is 12.0 Å². The zero-order valence-electron chi connectivity index (χ0n) is 16.2. The van der Waals surface area contributed by atoms with Crippen LogP contribution in [0.1, 0.15) is 23.1 Å². The summed E-state index contributed by atoms with van der Waals surface area (Å²) in [6.07, 6.45) is 0.810. The zero-order valence-corrected chi connectivity index (χ0v) is 16.2. The molecule has 28 heavy (non-hydrogen) atoms. The zero-order chi connectivity index (χ0) is 19.7. The molecule has 0 aliphatic rings. The van der Waals surface area contributed by atoms with E-state index in [1.807, 2.05) is 18.2 Å². The fraction of sp³-hybridized carbons (Fsp3) is 0.208. The van der Waals surface area contributed by atoms with E-state index in [2.05, 4.69) is 83.1 Å². The Labute approximate surface area is 167 Å². The van der Waals surface area contributed by atoms with Crippen molar-refractivity contribution in [1.29, 1.82) is 0 Å². The highest BCUT2D eigenvalue weighted by molar-refractivity contribution is 5.77. The third-order valence-electron chi connectivity index (χ3n) is 4.73. The van der Waals surface area contributed by atoms with Crippen LogP contribution in [0.4, 0.5) is 0 Å². The predicted octanol–water partition coefficient (Wildman–Crippen LogP) is 3.92. The molecule has 4 heteroatoms. The number of ether oxygens (including phenoxy) is 1. The van der Waals surface area contributed by atoms with Gasteiger partial charge in [-0.15, -0.1) is 0 Å². The van der Waals surface area contributed by atoms with Crippen LogP contribution in [0.5, 0.6) is 0 Å². The van der Waals surface area contributed by atoms with Gasteiger partial charge in [0, 0.05) is 13.6 Å². The SMILES string of the molecule is CN=C(N)NCCCOC(c1ccccc1)(c1ccccc1)c1ccccc1. The molecule has 3 aromatic rings. The van der Waals surface area contributed by atoms with Crippen molar-refractivity contribution >= 4 is 5.96 Å². The van der Waals surface area contributed by atoms with Gasteiger partial charge in [-0.05, 0) is 23.1 Å². The Kier molecular flexibility index (Phi) is 6.82. The molecule has 3 N–H and O–H groups in total. The second-order valence-electron chi connectivity index (χ2n) is 6.52. The van der Waals surface area contributed by atoms with Crippen molar-refractivity contribution in [2.24, 2.45) is 10.7 Å². The normalized spacial score (nSPS) is 12.0. The predicted molar refractivity (Wildman–Crippen MR) is 115 cm³/mol. The summed E-state index contributed by atoms with van der Waals surface area (Å²) < 4.78 is 6.68. The summed E-state index contributed by atoms with van der Waals surface area (Å²) in [7, 11) is 1.67. The lowest BCUT2D eigenvalue weighted by Crippen LogP contribution is -2.35. The van der Waals surface area contributed by atoms with Crippen molar-refractivity contribution < 1.29 is 4.74 Å².